The molecule has 20 heteroatoms. The number of thiazole rings is 1. The first-order chi connectivity index (χ1) is 34.4. The number of esters is 1. The van der Waals surface area contributed by atoms with Gasteiger partial charge in [-0.2, -0.15) is 0 Å². The van der Waals surface area contributed by atoms with Crippen molar-refractivity contribution in [3.63, 3.8) is 0 Å². The Labute approximate surface area is 440 Å². The van der Waals surface area contributed by atoms with E-state index in [1.807, 2.05) is 60.5 Å². The number of nitrogens with zero attached hydrogens (tertiary/aromatic N) is 4. The monoisotopic (exact) mass is 1050 g/mol. The molecule has 6 amide bonds. The number of aromatic nitrogens is 1. The highest BCUT2D eigenvalue weighted by molar-refractivity contribution is 7.09. The predicted molar refractivity (Wildman–Crippen MR) is 282 cm³/mol. The minimum absolute atomic E-state index is 0.0236. The summed E-state index contributed by atoms with van der Waals surface area (Å²) >= 11 is 1.12. The molecule has 1 aromatic heterocycles. The number of carbonyl (C=O) groups is 9. The zero-order valence-electron chi connectivity index (χ0n) is 45.9. The van der Waals surface area contributed by atoms with E-state index in [1.165, 1.54) is 25.1 Å². The number of carbonyl (C=O) groups excluding carboxylic acids is 9. The van der Waals surface area contributed by atoms with Crippen LogP contribution in [-0.2, 0) is 49.5 Å². The number of anilines is 1. The van der Waals surface area contributed by atoms with Crippen LogP contribution in [0, 0.1) is 23.7 Å². The highest BCUT2D eigenvalue weighted by atomic mass is 32.1. The number of rotatable bonds is 29. The van der Waals surface area contributed by atoms with Gasteiger partial charge in [0, 0.05) is 94.2 Å². The molecule has 4 N–H and O–H groups in total. The van der Waals surface area contributed by atoms with Gasteiger partial charge < -0.3 is 35.4 Å². The second-order valence-corrected chi connectivity index (χ2v) is 22.3. The predicted octanol–water partition coefficient (Wildman–Crippen LogP) is 7.17. The number of aromatic hydroxyl groups is 1. The Bertz CT molecular complexity index is 2340. The number of phenols is 1. The van der Waals surface area contributed by atoms with Crippen LogP contribution in [0.3, 0.4) is 0 Å². The third-order valence-electron chi connectivity index (χ3n) is 13.6. The average molecular weight is 1050 g/mol. The number of alkyl carbamates (subject to hydrolysis) is 1. The molecule has 74 heavy (non-hydrogen) atoms. The van der Waals surface area contributed by atoms with Crippen molar-refractivity contribution in [2.24, 2.45) is 23.7 Å². The van der Waals surface area contributed by atoms with E-state index in [0.717, 1.165) is 16.2 Å². The minimum Gasteiger partial charge on any atom is -0.506 e. The zero-order chi connectivity index (χ0) is 55.8. The number of ether oxygens (including phenoxy) is 2. The average Bonchev–Trinajstić information content (AvgIpc) is 3.93. The lowest BCUT2D eigenvalue weighted by atomic mass is 9.81. The van der Waals surface area contributed by atoms with Crippen LogP contribution >= 0.6 is 11.3 Å². The number of ketones is 2. The van der Waals surface area contributed by atoms with Crippen LogP contribution in [0.1, 0.15) is 155 Å². The number of nitrogens with one attached hydrogen (secondary N) is 3. The van der Waals surface area contributed by atoms with Crippen LogP contribution < -0.4 is 16.0 Å². The van der Waals surface area contributed by atoms with Gasteiger partial charge in [0.1, 0.15) is 27.8 Å². The van der Waals surface area contributed by atoms with E-state index in [4.69, 9.17) is 9.47 Å². The molecule has 6 atom stereocenters. The highest BCUT2D eigenvalue weighted by Crippen LogP contribution is 2.33. The van der Waals surface area contributed by atoms with Crippen LogP contribution in [0.25, 0.3) is 0 Å². The number of Topliss-reactive ketones (excluding diaryl/α,β-unsaturated/α-hetero) is 2. The lowest BCUT2D eigenvalue weighted by molar-refractivity contribution is -0.150. The first kappa shape index (κ1) is 62.3. The Kier molecular flexibility index (Phi) is 23.6. The quantitative estimate of drug-likeness (QED) is 0.0273. The molecule has 0 radical (unpaired) electrons. The van der Waals surface area contributed by atoms with Crippen molar-refractivity contribution in [2.45, 2.75) is 163 Å². The van der Waals surface area contributed by atoms with Crippen molar-refractivity contribution < 1.29 is 57.7 Å². The maximum Gasteiger partial charge on any atom is 0.407 e. The third-order valence-corrected chi connectivity index (χ3v) is 14.5. The van der Waals surface area contributed by atoms with E-state index in [9.17, 15) is 48.3 Å². The van der Waals surface area contributed by atoms with Gasteiger partial charge in [0.25, 0.3) is 17.7 Å². The first-order valence-corrected chi connectivity index (χ1v) is 26.4. The highest BCUT2D eigenvalue weighted by Gasteiger charge is 2.39. The molecule has 0 saturated heterocycles. The van der Waals surface area contributed by atoms with Gasteiger partial charge in [0.15, 0.2) is 11.9 Å². The number of phenolic OH excluding ortho intramolecular Hbond substituents is 1. The van der Waals surface area contributed by atoms with Crippen LogP contribution in [0.2, 0.25) is 0 Å². The Hall–Kier alpha value is -6.02. The molecule has 1 unspecified atom stereocenters. The van der Waals surface area contributed by atoms with E-state index in [2.05, 4.69) is 20.9 Å². The van der Waals surface area contributed by atoms with E-state index < -0.39 is 76.9 Å². The van der Waals surface area contributed by atoms with Gasteiger partial charge in [-0.05, 0) is 104 Å². The van der Waals surface area contributed by atoms with E-state index in [1.54, 1.807) is 57.2 Å². The van der Waals surface area contributed by atoms with Crippen LogP contribution in [0.4, 0.5) is 10.5 Å². The smallest absolute Gasteiger partial charge is 0.407 e. The van der Waals surface area contributed by atoms with Gasteiger partial charge in [-0.3, -0.25) is 48.2 Å². The fourth-order valence-corrected chi connectivity index (χ4v) is 9.20. The van der Waals surface area contributed by atoms with Gasteiger partial charge in [-0.25, -0.2) is 9.78 Å². The van der Waals surface area contributed by atoms with E-state index in [0.29, 0.717) is 23.4 Å². The number of hydrogen-bond donors (Lipinski definition) is 4. The van der Waals surface area contributed by atoms with Gasteiger partial charge in [0.2, 0.25) is 11.8 Å². The van der Waals surface area contributed by atoms with Crippen LogP contribution in [0.15, 0.2) is 35.7 Å². The van der Waals surface area contributed by atoms with Gasteiger partial charge >= 0.3 is 12.1 Å². The van der Waals surface area contributed by atoms with Crippen molar-refractivity contribution in [3.8, 4) is 5.75 Å². The van der Waals surface area contributed by atoms with Gasteiger partial charge in [0.05, 0.1) is 11.2 Å². The number of likely N-dealkylation sites (N-methyl/N-ethyl adjacent to an activating group) is 1. The topological polar surface area (TPSA) is 251 Å². The third kappa shape index (κ3) is 19.0. The number of hydrogen-bond acceptors (Lipinski definition) is 15. The van der Waals surface area contributed by atoms with Gasteiger partial charge in [-0.1, -0.05) is 47.1 Å². The summed E-state index contributed by atoms with van der Waals surface area (Å²) in [6, 6.07) is 3.44. The van der Waals surface area contributed by atoms with Crippen molar-refractivity contribution in [3.05, 3.63) is 52.0 Å². The molecular formula is C54H81N7O12S. The minimum atomic E-state index is -0.941. The number of benzene rings is 1. The molecule has 1 aliphatic rings. The molecule has 2 aromatic rings. The van der Waals surface area contributed by atoms with Gasteiger partial charge in [-0.15, -0.1) is 11.3 Å². The molecule has 0 saturated carbocycles. The molecular weight excluding hydrogens is 971 g/mol. The van der Waals surface area contributed by atoms with Crippen molar-refractivity contribution in [1.29, 1.82) is 0 Å². The SMILES string of the molecule is CC[C@H](C)[C@H](CC(=O)C(C)(C)N(C)C)C(=O)N(C)[C@H](C[C@@H](OC(C)=O)c1nc(C(=O)N[C@@H](Cc2ccc(O)c(NC(=O)CCCN3C(=O)C=CC3=O)c2)CC(C)C(=O)CCCNC(=O)OC(C)(C)C)cs1)C(C)C. The van der Waals surface area contributed by atoms with Crippen molar-refractivity contribution in [1.82, 2.24) is 30.3 Å². The molecule has 3 rings (SSSR count). The number of amides is 6. The lowest BCUT2D eigenvalue weighted by Gasteiger charge is -2.38. The molecule has 19 nitrogen and oxygen atoms in total. The molecule has 1 aliphatic heterocycles. The summed E-state index contributed by atoms with van der Waals surface area (Å²) in [6.07, 6.45) is 2.65. The summed E-state index contributed by atoms with van der Waals surface area (Å²) < 4.78 is 11.1. The van der Waals surface area contributed by atoms with Crippen molar-refractivity contribution in [2.75, 3.05) is 39.5 Å². The summed E-state index contributed by atoms with van der Waals surface area (Å²) in [6.45, 7) is 20.1. The maximum atomic E-state index is 14.4. The maximum absolute atomic E-state index is 14.4. The fraction of sp³-hybridized carbons (Fsp3) is 0.630. The Morgan fingerprint density at radius 3 is 2.14 bits per heavy atom. The molecule has 0 aliphatic carbocycles. The molecule has 410 valence electrons. The van der Waals surface area contributed by atoms with Crippen molar-refractivity contribution >= 4 is 70.2 Å². The summed E-state index contributed by atoms with van der Waals surface area (Å²) in [5, 5.41) is 21.0. The van der Waals surface area contributed by atoms with E-state index in [-0.39, 0.29) is 104 Å². The molecule has 2 heterocycles. The Morgan fingerprint density at radius 2 is 1.55 bits per heavy atom. The lowest BCUT2D eigenvalue weighted by Crippen LogP contribution is -2.50. The normalized spacial score (nSPS) is 15.3. The molecule has 0 bridgehead atoms. The van der Waals surface area contributed by atoms with E-state index >= 15 is 0 Å². The largest absolute Gasteiger partial charge is 0.506 e. The second-order valence-electron chi connectivity index (χ2n) is 21.4. The summed E-state index contributed by atoms with van der Waals surface area (Å²) in [5.74, 6) is -4.47. The fourth-order valence-electron chi connectivity index (χ4n) is 8.36. The summed E-state index contributed by atoms with van der Waals surface area (Å²) in [4.78, 5) is 126. The standard InChI is InChI=1S/C54H81N7O12S/c1-15-33(4)38(29-45(65)54(10,11)59(12)13)51(70)60(14)41(32(2)3)30-44(72-35(6)62)50-58-40(31-74-50)49(69)56-37(26-34(5)42(63)18-16-24-55-52(71)73-53(7,8)9)27-36-20-21-43(64)39(28-36)57-46(66)19-17-25-61-47(67)22-23-48(61)68/h20-23,28,31-34,37-38,41,44,64H,15-19,24-27,29-30H2,1-14H3,(H,55,71)(H,56,69)(H,57,66)/t33-,34?,37+,38-,41+,44+/m0/s1. The molecule has 0 fully saturated rings. The van der Waals surface area contributed by atoms with Crippen LogP contribution in [0.5, 0.6) is 5.75 Å². The molecule has 0 spiro atoms. The van der Waals surface area contributed by atoms with Crippen LogP contribution in [-0.4, -0.2) is 135 Å². The summed E-state index contributed by atoms with van der Waals surface area (Å²) in [7, 11) is 5.37. The zero-order valence-corrected chi connectivity index (χ0v) is 46.7. The summed E-state index contributed by atoms with van der Waals surface area (Å²) in [5.41, 5.74) is -0.752. The first-order valence-electron chi connectivity index (χ1n) is 25.5. The second kappa shape index (κ2) is 28.0. The number of imide groups is 1. The Morgan fingerprint density at radius 1 is 0.905 bits per heavy atom. The Balaban J connectivity index is 1.87. The molecule has 1 aromatic carbocycles.